The molecule has 0 bridgehead atoms. The van der Waals surface area contributed by atoms with Gasteiger partial charge >= 0.3 is 16.5 Å². The average Bonchev–Trinajstić information content (AvgIpc) is 3.65. The molecule has 6 rings (SSSR count). The number of amides is 4. The third kappa shape index (κ3) is 11.9. The van der Waals surface area contributed by atoms with Crippen molar-refractivity contribution in [1.29, 1.82) is 0 Å². The van der Waals surface area contributed by atoms with Crippen molar-refractivity contribution in [3.8, 4) is 0 Å². The van der Waals surface area contributed by atoms with E-state index in [1.54, 1.807) is 115 Å². The van der Waals surface area contributed by atoms with Gasteiger partial charge in [0.25, 0.3) is 11.8 Å². The van der Waals surface area contributed by atoms with E-state index in [0.717, 1.165) is 12.8 Å². The third-order valence-corrected chi connectivity index (χ3v) is 6.99. The van der Waals surface area contributed by atoms with E-state index in [0.29, 0.717) is 33.9 Å². The summed E-state index contributed by atoms with van der Waals surface area (Å²) in [4.78, 5) is 46.7. The summed E-state index contributed by atoms with van der Waals surface area (Å²) < 4.78 is 0. The van der Waals surface area contributed by atoms with Crippen LogP contribution in [0.15, 0.2) is 143 Å². The molecular formula is C40H40N6NiO6. The summed E-state index contributed by atoms with van der Waals surface area (Å²) in [6.45, 7) is 3.36. The van der Waals surface area contributed by atoms with Crippen LogP contribution < -0.4 is 20.2 Å². The first-order valence-electron chi connectivity index (χ1n) is 16.0. The van der Waals surface area contributed by atoms with E-state index in [2.05, 4.69) is 10.2 Å². The van der Waals surface area contributed by atoms with Crippen LogP contribution in [0.4, 0.5) is 11.4 Å². The van der Waals surface area contributed by atoms with Gasteiger partial charge in [-0.2, -0.15) is 20.2 Å². The number of carbonyl (C=O) groups excluding carboxylic acids is 4. The molecule has 4 amide bonds. The van der Waals surface area contributed by atoms with Gasteiger partial charge < -0.3 is 20.0 Å². The number of anilines is 2. The number of benzene rings is 4. The number of carbonyl (C=O) groups is 4. The Labute approximate surface area is 319 Å². The predicted molar refractivity (Wildman–Crippen MR) is 200 cm³/mol. The molecule has 12 nitrogen and oxygen atoms in total. The van der Waals surface area contributed by atoms with E-state index in [9.17, 15) is 29.4 Å². The number of hydrogen-bond acceptors (Lipinski definition) is 8. The minimum absolute atomic E-state index is 0. The quantitative estimate of drug-likeness (QED) is 0.126. The van der Waals surface area contributed by atoms with Gasteiger partial charge in [-0.1, -0.05) is 109 Å². The maximum atomic E-state index is 12.5. The summed E-state index contributed by atoms with van der Waals surface area (Å²) in [5, 5.41) is 35.9. The van der Waals surface area contributed by atoms with E-state index in [-0.39, 0.29) is 51.0 Å². The topological polar surface area (TPSA) is 152 Å². The van der Waals surface area contributed by atoms with E-state index in [4.69, 9.17) is 0 Å². The molecule has 276 valence electrons. The van der Waals surface area contributed by atoms with Gasteiger partial charge in [0.15, 0.2) is 0 Å². The Hall–Kier alpha value is -6.33. The molecule has 0 unspecified atom stereocenters. The van der Waals surface area contributed by atoms with Crippen molar-refractivity contribution in [2.24, 2.45) is 10.2 Å². The van der Waals surface area contributed by atoms with Crippen LogP contribution in [-0.2, 0) is 35.7 Å². The number of rotatable bonds is 6. The Morgan fingerprint density at radius 2 is 0.774 bits per heavy atom. The number of para-hydroxylation sites is 2. The normalized spacial score (nSPS) is 14.7. The largest absolute Gasteiger partial charge is 2.00 e. The van der Waals surface area contributed by atoms with E-state index < -0.39 is 0 Å². The molecule has 0 atom stereocenters. The Kier molecular flexibility index (Phi) is 17.1. The van der Waals surface area contributed by atoms with Gasteiger partial charge in [-0.25, -0.2) is 0 Å². The van der Waals surface area contributed by atoms with Crippen LogP contribution in [0.25, 0.3) is 11.5 Å². The molecule has 2 heterocycles. The van der Waals surface area contributed by atoms with Crippen LogP contribution in [0.3, 0.4) is 0 Å². The van der Waals surface area contributed by atoms with E-state index in [1.165, 1.54) is 19.8 Å². The zero-order chi connectivity index (χ0) is 38.2. The summed E-state index contributed by atoms with van der Waals surface area (Å²) in [5.74, 6) is -1.35. The van der Waals surface area contributed by atoms with E-state index >= 15 is 0 Å². The fourth-order valence-corrected chi connectivity index (χ4v) is 4.49. The number of nitrogens with zero attached hydrogens (tertiary/aromatic N) is 6. The molecule has 53 heavy (non-hydrogen) atoms. The molecular weight excluding hydrogens is 719 g/mol. The van der Waals surface area contributed by atoms with Gasteiger partial charge in [-0.05, 0) is 49.2 Å². The summed E-state index contributed by atoms with van der Waals surface area (Å²) in [6, 6.07) is 35.7. The first kappa shape index (κ1) is 42.8. The molecule has 13 heteroatoms. The monoisotopic (exact) mass is 758 g/mol. The van der Waals surface area contributed by atoms with Crippen LogP contribution in [-0.4, -0.2) is 74.0 Å². The summed E-state index contributed by atoms with van der Waals surface area (Å²) in [6.07, 6.45) is 1.50. The molecule has 2 aliphatic rings. The molecule has 4 aromatic rings. The molecule has 0 fully saturated rings. The fourth-order valence-electron chi connectivity index (χ4n) is 4.49. The second-order valence-electron chi connectivity index (χ2n) is 11.6. The zero-order valence-electron chi connectivity index (χ0n) is 30.2. The molecule has 0 N–H and O–H groups in total. The molecule has 0 spiro atoms. The molecule has 0 saturated heterocycles. The van der Waals surface area contributed by atoms with E-state index in [1.807, 2.05) is 48.5 Å². The van der Waals surface area contributed by atoms with Crippen molar-refractivity contribution < 1.29 is 45.9 Å². The molecule has 0 saturated carbocycles. The van der Waals surface area contributed by atoms with Crippen molar-refractivity contribution >= 4 is 59.0 Å². The SMILES string of the molecule is CC1=NN(c2ccccc2)C(=O)/C1=C(\[O-])c1ccccc1.CC1=NN(c2ccccc2)C(=O)/C1=C(\[O-])c1ccccc1.CN(C)C=O.CN(C)C=O.[Ni+2]. The Balaban J connectivity index is 0.000000289. The first-order chi connectivity index (χ1) is 24.9. The second kappa shape index (κ2) is 21.1. The van der Waals surface area contributed by atoms with Gasteiger partial charge in [-0.3, -0.25) is 19.2 Å². The second-order valence-corrected chi connectivity index (χ2v) is 11.6. The minimum atomic E-state index is -0.382. The van der Waals surface area contributed by atoms with Gasteiger partial charge in [0.05, 0.1) is 33.9 Å². The van der Waals surface area contributed by atoms with Gasteiger partial charge in [0, 0.05) is 28.2 Å². The Morgan fingerprint density at radius 1 is 0.528 bits per heavy atom. The summed E-state index contributed by atoms with van der Waals surface area (Å²) >= 11 is 0. The average molecular weight is 759 g/mol. The number of hydrazone groups is 2. The van der Waals surface area contributed by atoms with Crippen molar-refractivity contribution in [1.82, 2.24) is 9.80 Å². The maximum Gasteiger partial charge on any atom is 2.00 e. The fraction of sp³-hybridized carbons (Fsp3) is 0.150. The maximum absolute atomic E-state index is 12.5. The molecule has 2 aliphatic heterocycles. The smallest absolute Gasteiger partial charge is 0.871 e. The van der Waals surface area contributed by atoms with Crippen molar-refractivity contribution in [3.05, 3.63) is 144 Å². The van der Waals surface area contributed by atoms with Crippen molar-refractivity contribution in [2.45, 2.75) is 13.8 Å². The molecule has 0 aliphatic carbocycles. The van der Waals surface area contributed by atoms with Crippen LogP contribution in [0.5, 0.6) is 0 Å². The van der Waals surface area contributed by atoms with Gasteiger partial charge in [-0.15, -0.1) is 0 Å². The van der Waals surface area contributed by atoms with Crippen LogP contribution >= 0.6 is 0 Å². The van der Waals surface area contributed by atoms with Gasteiger partial charge in [0.2, 0.25) is 12.8 Å². The minimum Gasteiger partial charge on any atom is -0.871 e. The predicted octanol–water partition coefficient (Wildman–Crippen LogP) is 3.77. The van der Waals surface area contributed by atoms with Crippen molar-refractivity contribution in [2.75, 3.05) is 38.2 Å². The Morgan fingerprint density at radius 3 is 1.02 bits per heavy atom. The van der Waals surface area contributed by atoms with Crippen LogP contribution in [0, 0.1) is 0 Å². The third-order valence-electron chi connectivity index (χ3n) is 6.99. The molecule has 0 aromatic heterocycles. The summed E-state index contributed by atoms with van der Waals surface area (Å²) in [5.41, 5.74) is 3.43. The van der Waals surface area contributed by atoms with Crippen molar-refractivity contribution in [3.63, 3.8) is 0 Å². The van der Waals surface area contributed by atoms with Gasteiger partial charge in [0.1, 0.15) is 0 Å². The molecule has 0 radical (unpaired) electrons. The molecule has 4 aromatic carbocycles. The standard InChI is InChI=1S/2C17H14N2O2.2C3H7NO.Ni/c2*1-12-15(16(20)13-8-4-2-5-9-13)17(21)19(18-12)14-10-6-3-7-11-14;2*1-4(2)3-5;/h2*2-11,20H,1H3;2*3H,1-2H3;/q;;;;+2/p-2/b2*16-15-;;;. The first-order valence-corrected chi connectivity index (χ1v) is 16.0. The summed E-state index contributed by atoms with van der Waals surface area (Å²) in [7, 11) is 6.75. The number of hydrogen-bond donors (Lipinski definition) is 0. The van der Waals surface area contributed by atoms with Crippen LogP contribution in [0.2, 0.25) is 0 Å². The van der Waals surface area contributed by atoms with Crippen LogP contribution in [0.1, 0.15) is 25.0 Å². The Bertz CT molecular complexity index is 1810. The zero-order valence-corrected chi connectivity index (χ0v) is 31.1.